The molecule has 1 aromatic carbocycles. The third-order valence-corrected chi connectivity index (χ3v) is 3.97. The van der Waals surface area contributed by atoms with Crippen LogP contribution in [0.1, 0.15) is 24.0 Å². The fraction of sp³-hybridized carbons (Fsp3) is 0.250. The van der Waals surface area contributed by atoms with Gasteiger partial charge in [-0.3, -0.25) is 9.69 Å². The molecule has 0 unspecified atom stereocenters. The molecule has 5 nitrogen and oxygen atoms in total. The van der Waals surface area contributed by atoms with Gasteiger partial charge in [0.05, 0.1) is 6.54 Å². The molecule has 1 N–H and O–H groups in total. The van der Waals surface area contributed by atoms with Gasteiger partial charge in [0, 0.05) is 5.02 Å². The second-order valence-electron chi connectivity index (χ2n) is 5.49. The standard InChI is InChI=1S/C16H15ClN2O3/c1-10-6-7-13(22-10)16(2)14(20)19(15(21)18-16)9-11-4-3-5-12(17)8-11/h3-8H,9H2,1-2H3,(H,18,21)/t16-/m0/s1. The molecular weight excluding hydrogens is 304 g/mol. The molecule has 1 aliphatic rings. The van der Waals surface area contributed by atoms with E-state index in [1.807, 2.05) is 6.07 Å². The van der Waals surface area contributed by atoms with Crippen LogP contribution in [0.15, 0.2) is 40.8 Å². The Morgan fingerprint density at radius 2 is 2.05 bits per heavy atom. The van der Waals surface area contributed by atoms with E-state index < -0.39 is 11.6 Å². The molecule has 2 heterocycles. The number of carbonyl (C=O) groups excluding carboxylic acids is 2. The number of nitrogens with zero attached hydrogens (tertiary/aromatic N) is 1. The second kappa shape index (κ2) is 5.18. The summed E-state index contributed by atoms with van der Waals surface area (Å²) in [4.78, 5) is 26.0. The minimum absolute atomic E-state index is 0.167. The summed E-state index contributed by atoms with van der Waals surface area (Å²) in [6.07, 6.45) is 0. The van der Waals surface area contributed by atoms with Gasteiger partial charge in [-0.2, -0.15) is 0 Å². The molecule has 6 heteroatoms. The molecule has 0 saturated carbocycles. The maximum Gasteiger partial charge on any atom is 0.325 e. The Morgan fingerprint density at radius 3 is 2.68 bits per heavy atom. The Balaban J connectivity index is 1.88. The van der Waals surface area contributed by atoms with Crippen LogP contribution in [0, 0.1) is 6.92 Å². The zero-order valence-electron chi connectivity index (χ0n) is 12.2. The fourth-order valence-corrected chi connectivity index (χ4v) is 2.74. The number of urea groups is 1. The third kappa shape index (κ3) is 2.37. The maximum absolute atomic E-state index is 12.7. The molecule has 0 spiro atoms. The van der Waals surface area contributed by atoms with Crippen LogP contribution in [-0.2, 0) is 16.9 Å². The molecule has 22 heavy (non-hydrogen) atoms. The summed E-state index contributed by atoms with van der Waals surface area (Å²) in [6.45, 7) is 3.60. The van der Waals surface area contributed by atoms with Crippen LogP contribution in [0.25, 0.3) is 0 Å². The normalized spacial score (nSPS) is 21.3. The minimum Gasteiger partial charge on any atom is -0.463 e. The van der Waals surface area contributed by atoms with Gasteiger partial charge in [-0.1, -0.05) is 23.7 Å². The SMILES string of the molecule is Cc1ccc([C@]2(C)NC(=O)N(Cc3cccc(Cl)c3)C2=O)o1. The fourth-order valence-electron chi connectivity index (χ4n) is 2.53. The number of carbonyl (C=O) groups is 2. The first-order valence-electron chi connectivity index (χ1n) is 6.85. The Morgan fingerprint density at radius 1 is 1.27 bits per heavy atom. The molecule has 0 bridgehead atoms. The van der Waals surface area contributed by atoms with Crippen molar-refractivity contribution in [2.75, 3.05) is 0 Å². The van der Waals surface area contributed by atoms with Crippen LogP contribution in [0.4, 0.5) is 4.79 Å². The molecule has 0 radical (unpaired) electrons. The summed E-state index contributed by atoms with van der Waals surface area (Å²) >= 11 is 5.94. The number of nitrogens with one attached hydrogen (secondary N) is 1. The number of benzene rings is 1. The van der Waals surface area contributed by atoms with E-state index in [4.69, 9.17) is 16.0 Å². The van der Waals surface area contributed by atoms with Gasteiger partial charge in [-0.15, -0.1) is 0 Å². The van der Waals surface area contributed by atoms with Crippen LogP contribution >= 0.6 is 11.6 Å². The molecule has 1 aromatic heterocycles. The molecule has 1 saturated heterocycles. The highest BCUT2D eigenvalue weighted by Crippen LogP contribution is 2.31. The highest BCUT2D eigenvalue weighted by Gasteiger charge is 2.50. The largest absolute Gasteiger partial charge is 0.463 e. The first-order chi connectivity index (χ1) is 10.4. The van der Waals surface area contributed by atoms with E-state index in [0.717, 1.165) is 5.56 Å². The summed E-state index contributed by atoms with van der Waals surface area (Å²) < 4.78 is 5.52. The maximum atomic E-state index is 12.7. The van der Waals surface area contributed by atoms with Crippen molar-refractivity contribution in [3.8, 4) is 0 Å². The van der Waals surface area contributed by atoms with Crippen molar-refractivity contribution in [1.82, 2.24) is 10.2 Å². The van der Waals surface area contributed by atoms with E-state index in [9.17, 15) is 9.59 Å². The van der Waals surface area contributed by atoms with Crippen molar-refractivity contribution in [3.05, 3.63) is 58.5 Å². The van der Waals surface area contributed by atoms with Crippen molar-refractivity contribution < 1.29 is 14.0 Å². The lowest BCUT2D eigenvalue weighted by molar-refractivity contribution is -0.132. The van der Waals surface area contributed by atoms with Gasteiger partial charge in [-0.05, 0) is 43.7 Å². The minimum atomic E-state index is -1.18. The quantitative estimate of drug-likeness (QED) is 0.884. The van der Waals surface area contributed by atoms with Crippen LogP contribution in [0.3, 0.4) is 0 Å². The molecular formula is C16H15ClN2O3. The molecule has 1 fully saturated rings. The zero-order chi connectivity index (χ0) is 15.9. The van der Waals surface area contributed by atoms with Gasteiger partial charge < -0.3 is 9.73 Å². The van der Waals surface area contributed by atoms with E-state index in [2.05, 4.69) is 5.32 Å². The van der Waals surface area contributed by atoms with E-state index in [0.29, 0.717) is 16.5 Å². The van der Waals surface area contributed by atoms with Crippen LogP contribution in [0.5, 0.6) is 0 Å². The molecule has 1 atom stereocenters. The number of imide groups is 1. The van der Waals surface area contributed by atoms with Gasteiger partial charge >= 0.3 is 6.03 Å². The van der Waals surface area contributed by atoms with E-state index in [1.54, 1.807) is 44.2 Å². The van der Waals surface area contributed by atoms with Crippen LogP contribution in [0.2, 0.25) is 5.02 Å². The summed E-state index contributed by atoms with van der Waals surface area (Å²) in [5.74, 6) is 0.773. The average molecular weight is 319 g/mol. The predicted molar refractivity (Wildman–Crippen MR) is 81.3 cm³/mol. The summed E-state index contributed by atoms with van der Waals surface area (Å²) in [7, 11) is 0. The van der Waals surface area contributed by atoms with Crippen molar-refractivity contribution in [1.29, 1.82) is 0 Å². The Bertz CT molecular complexity index is 755. The van der Waals surface area contributed by atoms with Crippen molar-refractivity contribution in [2.45, 2.75) is 25.9 Å². The lowest BCUT2D eigenvalue weighted by Gasteiger charge is -2.19. The van der Waals surface area contributed by atoms with Crippen molar-refractivity contribution in [3.63, 3.8) is 0 Å². The monoisotopic (exact) mass is 318 g/mol. The smallest absolute Gasteiger partial charge is 0.325 e. The molecule has 2 aromatic rings. The second-order valence-corrected chi connectivity index (χ2v) is 5.92. The molecule has 3 rings (SSSR count). The average Bonchev–Trinajstić information content (AvgIpc) is 2.98. The molecule has 114 valence electrons. The van der Waals surface area contributed by atoms with Gasteiger partial charge in [0.1, 0.15) is 11.5 Å². The van der Waals surface area contributed by atoms with Gasteiger partial charge in [0.25, 0.3) is 5.91 Å². The number of hydrogen-bond acceptors (Lipinski definition) is 3. The molecule has 0 aliphatic carbocycles. The Labute approximate surface area is 132 Å². The Hall–Kier alpha value is -2.27. The van der Waals surface area contributed by atoms with Crippen LogP contribution < -0.4 is 5.32 Å². The molecule has 1 aliphatic heterocycles. The highest BCUT2D eigenvalue weighted by molar-refractivity contribution is 6.30. The topological polar surface area (TPSA) is 62.6 Å². The summed E-state index contributed by atoms with van der Waals surface area (Å²) in [6, 6.07) is 10.1. The predicted octanol–water partition coefficient (Wildman–Crippen LogP) is 3.21. The number of amides is 3. The van der Waals surface area contributed by atoms with Crippen molar-refractivity contribution >= 4 is 23.5 Å². The lowest BCUT2D eigenvalue weighted by Crippen LogP contribution is -2.40. The number of hydrogen-bond donors (Lipinski definition) is 1. The van der Waals surface area contributed by atoms with Crippen molar-refractivity contribution in [2.24, 2.45) is 0 Å². The number of rotatable bonds is 3. The van der Waals surface area contributed by atoms with E-state index in [1.165, 1.54) is 4.90 Å². The van der Waals surface area contributed by atoms with Gasteiger partial charge in [0.2, 0.25) is 0 Å². The lowest BCUT2D eigenvalue weighted by atomic mass is 9.99. The first kappa shape index (κ1) is 14.7. The number of aryl methyl sites for hydroxylation is 1. The van der Waals surface area contributed by atoms with Gasteiger partial charge in [0.15, 0.2) is 5.54 Å². The number of halogens is 1. The van der Waals surface area contributed by atoms with E-state index >= 15 is 0 Å². The van der Waals surface area contributed by atoms with E-state index in [-0.39, 0.29) is 12.5 Å². The Kier molecular flexibility index (Phi) is 3.45. The summed E-state index contributed by atoms with van der Waals surface area (Å²) in [5, 5.41) is 3.27. The first-order valence-corrected chi connectivity index (χ1v) is 7.23. The highest BCUT2D eigenvalue weighted by atomic mass is 35.5. The molecule has 3 amide bonds. The third-order valence-electron chi connectivity index (χ3n) is 3.74. The van der Waals surface area contributed by atoms with Crippen LogP contribution in [-0.4, -0.2) is 16.8 Å². The summed E-state index contributed by atoms with van der Waals surface area (Å²) in [5.41, 5.74) is -0.389. The zero-order valence-corrected chi connectivity index (χ0v) is 13.0. The number of furan rings is 1. The van der Waals surface area contributed by atoms with Gasteiger partial charge in [-0.25, -0.2) is 4.79 Å².